The Morgan fingerprint density at radius 1 is 0.875 bits per heavy atom. The fraction of sp³-hybridized carbons (Fsp3) is 0.188. The van der Waals surface area contributed by atoms with E-state index in [-0.39, 0.29) is 23.2 Å². The zero-order chi connectivity index (χ0) is 18.0. The normalized spacial score (nSPS) is 12.1. The number of carbonyl (C=O) groups is 1. The van der Waals surface area contributed by atoms with E-state index in [1.165, 1.54) is 6.07 Å². The molecule has 128 valence electrons. The molecule has 2 aromatic rings. The molecule has 0 spiro atoms. The van der Waals surface area contributed by atoms with Gasteiger partial charge in [-0.15, -0.1) is 0 Å². The van der Waals surface area contributed by atoms with Gasteiger partial charge in [0, 0.05) is 11.1 Å². The van der Waals surface area contributed by atoms with Gasteiger partial charge in [-0.1, -0.05) is 12.1 Å². The first-order chi connectivity index (χ1) is 11.1. The van der Waals surface area contributed by atoms with Crippen LogP contribution in [0.2, 0.25) is 0 Å². The van der Waals surface area contributed by atoms with Crippen molar-refractivity contribution in [2.45, 2.75) is 19.0 Å². The monoisotopic (exact) mass is 348 g/mol. The van der Waals surface area contributed by atoms with Crippen molar-refractivity contribution in [2.24, 2.45) is 0 Å². The van der Waals surface area contributed by atoms with Crippen LogP contribution in [0.5, 0.6) is 5.75 Å². The molecule has 2 aromatic carbocycles. The molecule has 0 saturated carbocycles. The van der Waals surface area contributed by atoms with Crippen LogP contribution < -0.4 is 4.74 Å². The van der Waals surface area contributed by atoms with E-state index in [0.717, 1.165) is 30.3 Å². The van der Waals surface area contributed by atoms with Crippen LogP contribution in [-0.2, 0) is 19.0 Å². The lowest BCUT2D eigenvalue weighted by molar-refractivity contribution is -0.139. The van der Waals surface area contributed by atoms with Crippen molar-refractivity contribution >= 4 is 6.29 Å². The summed E-state index contributed by atoms with van der Waals surface area (Å²) in [5.41, 5.74) is -2.28. The molecule has 0 unspecified atom stereocenters. The Kier molecular flexibility index (Phi) is 4.86. The number of alkyl halides is 6. The number of hydrogen-bond acceptors (Lipinski definition) is 2. The molecule has 0 amide bonds. The van der Waals surface area contributed by atoms with E-state index in [4.69, 9.17) is 4.74 Å². The summed E-state index contributed by atoms with van der Waals surface area (Å²) in [6.45, 7) is -0.501. The topological polar surface area (TPSA) is 26.3 Å². The zero-order valence-corrected chi connectivity index (χ0v) is 11.9. The number of carbonyl (C=O) groups excluding carboxylic acids is 1. The third kappa shape index (κ3) is 4.27. The molecular formula is C16H10F6O2. The number of aldehydes is 1. The van der Waals surface area contributed by atoms with Gasteiger partial charge in [0.1, 0.15) is 18.6 Å². The number of rotatable bonds is 4. The third-order valence-corrected chi connectivity index (χ3v) is 3.15. The second kappa shape index (κ2) is 6.54. The van der Waals surface area contributed by atoms with Crippen LogP contribution >= 0.6 is 0 Å². The average molecular weight is 348 g/mol. The van der Waals surface area contributed by atoms with Crippen LogP contribution in [0.3, 0.4) is 0 Å². The summed E-state index contributed by atoms with van der Waals surface area (Å²) in [5.74, 6) is -0.00408. The number of benzene rings is 2. The Labute approximate surface area is 132 Å². The molecule has 2 rings (SSSR count). The summed E-state index contributed by atoms with van der Waals surface area (Å²) in [6, 6.07) is 6.58. The quantitative estimate of drug-likeness (QED) is 0.567. The lowest BCUT2D eigenvalue weighted by atomic mass is 10.0. The molecule has 24 heavy (non-hydrogen) atoms. The first-order valence-electron chi connectivity index (χ1n) is 6.56. The van der Waals surface area contributed by atoms with Crippen molar-refractivity contribution in [1.29, 1.82) is 0 Å². The van der Waals surface area contributed by atoms with Gasteiger partial charge in [0.05, 0.1) is 11.1 Å². The lowest BCUT2D eigenvalue weighted by Gasteiger charge is -2.14. The maximum absolute atomic E-state index is 13.0. The van der Waals surface area contributed by atoms with Gasteiger partial charge >= 0.3 is 12.4 Å². The Morgan fingerprint density at radius 2 is 1.50 bits per heavy atom. The highest BCUT2D eigenvalue weighted by molar-refractivity contribution is 5.75. The summed E-state index contributed by atoms with van der Waals surface area (Å²) >= 11 is 0. The first-order valence-corrected chi connectivity index (χ1v) is 6.56. The highest BCUT2D eigenvalue weighted by atomic mass is 19.4. The molecule has 0 atom stereocenters. The van der Waals surface area contributed by atoms with Crippen LogP contribution in [0.15, 0.2) is 42.5 Å². The van der Waals surface area contributed by atoms with E-state index >= 15 is 0 Å². The molecule has 0 aliphatic carbocycles. The van der Waals surface area contributed by atoms with E-state index in [1.54, 1.807) is 0 Å². The predicted molar refractivity (Wildman–Crippen MR) is 72.6 cm³/mol. The van der Waals surface area contributed by atoms with Crippen LogP contribution in [-0.4, -0.2) is 6.29 Å². The van der Waals surface area contributed by atoms with Crippen molar-refractivity contribution in [3.63, 3.8) is 0 Å². The van der Waals surface area contributed by atoms with E-state index < -0.39 is 30.1 Å². The molecule has 0 bridgehead atoms. The average Bonchev–Trinajstić information content (AvgIpc) is 2.51. The minimum absolute atomic E-state index is 0.00408. The number of hydrogen-bond donors (Lipinski definition) is 0. The molecule has 2 nitrogen and oxygen atoms in total. The molecule has 0 aliphatic heterocycles. The van der Waals surface area contributed by atoms with Gasteiger partial charge in [0.15, 0.2) is 0 Å². The molecule has 0 N–H and O–H groups in total. The highest BCUT2D eigenvalue weighted by Crippen LogP contribution is 2.34. The summed E-state index contributed by atoms with van der Waals surface area (Å²) < 4.78 is 81.3. The predicted octanol–water partition coefficient (Wildman–Crippen LogP) is 5.12. The van der Waals surface area contributed by atoms with Gasteiger partial charge in [0.25, 0.3) is 0 Å². The van der Waals surface area contributed by atoms with Crippen LogP contribution in [0.4, 0.5) is 26.3 Å². The van der Waals surface area contributed by atoms with Crippen molar-refractivity contribution in [3.05, 3.63) is 64.7 Å². The van der Waals surface area contributed by atoms with Gasteiger partial charge in [0.2, 0.25) is 0 Å². The van der Waals surface area contributed by atoms with Crippen molar-refractivity contribution < 1.29 is 35.9 Å². The number of ether oxygens (including phenoxy) is 1. The fourth-order valence-corrected chi connectivity index (χ4v) is 1.96. The van der Waals surface area contributed by atoms with Crippen molar-refractivity contribution in [2.75, 3.05) is 0 Å². The van der Waals surface area contributed by atoms with Crippen LogP contribution in [0.25, 0.3) is 0 Å². The van der Waals surface area contributed by atoms with E-state index in [0.29, 0.717) is 6.07 Å². The minimum atomic E-state index is -4.68. The molecule has 0 saturated heterocycles. The smallest absolute Gasteiger partial charge is 0.416 e. The zero-order valence-electron chi connectivity index (χ0n) is 11.9. The van der Waals surface area contributed by atoms with Gasteiger partial charge in [-0.3, -0.25) is 4.79 Å². The fourth-order valence-electron chi connectivity index (χ4n) is 1.96. The second-order valence-electron chi connectivity index (χ2n) is 4.84. The molecular weight excluding hydrogens is 338 g/mol. The van der Waals surface area contributed by atoms with Crippen molar-refractivity contribution in [1.82, 2.24) is 0 Å². The lowest BCUT2D eigenvalue weighted by Crippen LogP contribution is -2.12. The Bertz CT molecular complexity index is 717. The molecule has 0 radical (unpaired) electrons. The maximum atomic E-state index is 13.0. The van der Waals surface area contributed by atoms with Crippen LogP contribution in [0.1, 0.15) is 27.0 Å². The SMILES string of the molecule is O=Cc1ccc(COc2ccc(C(F)(F)F)cc2)c(C(F)(F)F)c1. The van der Waals surface area contributed by atoms with Gasteiger partial charge in [-0.2, -0.15) is 26.3 Å². The molecule has 0 fully saturated rings. The Hall–Kier alpha value is -2.51. The Balaban J connectivity index is 2.19. The largest absolute Gasteiger partial charge is 0.489 e. The standard InChI is InChI=1S/C16H10F6O2/c17-15(18,19)12-3-5-13(6-4-12)24-9-11-2-1-10(8-23)7-14(11)16(20,21)22/h1-8H,9H2. The highest BCUT2D eigenvalue weighted by Gasteiger charge is 2.34. The minimum Gasteiger partial charge on any atom is -0.489 e. The van der Waals surface area contributed by atoms with Crippen LogP contribution in [0, 0.1) is 0 Å². The van der Waals surface area contributed by atoms with E-state index in [9.17, 15) is 31.1 Å². The summed E-state index contributed by atoms with van der Waals surface area (Å²) in [4.78, 5) is 10.6. The summed E-state index contributed by atoms with van der Waals surface area (Å²) in [6.07, 6.45) is -8.90. The molecule has 0 aliphatic rings. The first kappa shape index (κ1) is 17.8. The maximum Gasteiger partial charge on any atom is 0.416 e. The summed E-state index contributed by atoms with van der Waals surface area (Å²) in [5, 5.41) is 0. The molecule has 0 heterocycles. The van der Waals surface area contributed by atoms with E-state index in [1.807, 2.05) is 0 Å². The summed E-state index contributed by atoms with van der Waals surface area (Å²) in [7, 11) is 0. The third-order valence-electron chi connectivity index (χ3n) is 3.15. The second-order valence-corrected chi connectivity index (χ2v) is 4.84. The van der Waals surface area contributed by atoms with Gasteiger partial charge in [-0.05, 0) is 30.3 Å². The molecule has 8 heteroatoms. The Morgan fingerprint density at radius 3 is 2.00 bits per heavy atom. The number of halogens is 6. The van der Waals surface area contributed by atoms with Gasteiger partial charge < -0.3 is 4.74 Å². The van der Waals surface area contributed by atoms with E-state index in [2.05, 4.69) is 0 Å². The van der Waals surface area contributed by atoms with Crippen molar-refractivity contribution in [3.8, 4) is 5.75 Å². The molecule has 0 aromatic heterocycles. The van der Waals surface area contributed by atoms with Gasteiger partial charge in [-0.25, -0.2) is 0 Å².